The molecule has 0 spiro atoms. The molecular weight excluding hydrogens is 216 g/mol. The summed E-state index contributed by atoms with van der Waals surface area (Å²) in [6, 6.07) is 4.08. The summed E-state index contributed by atoms with van der Waals surface area (Å²) in [5.74, 6) is 0.627. The van der Waals surface area contributed by atoms with Crippen LogP contribution in [0.5, 0.6) is 0 Å². The minimum Gasteiger partial charge on any atom is -0.465 e. The minimum atomic E-state index is -0.216. The lowest BCUT2D eigenvalue weighted by atomic mass is 10.2. The molecule has 0 fully saturated rings. The van der Waals surface area contributed by atoms with Crippen molar-refractivity contribution in [2.45, 2.75) is 33.7 Å². The first kappa shape index (κ1) is 13.5. The maximum atomic E-state index is 11.6. The van der Waals surface area contributed by atoms with Gasteiger partial charge >= 0.3 is 5.97 Å². The third-order valence-corrected chi connectivity index (χ3v) is 2.48. The quantitative estimate of drug-likeness (QED) is 0.735. The highest BCUT2D eigenvalue weighted by Gasteiger charge is 2.17. The number of rotatable bonds is 5. The van der Waals surface area contributed by atoms with Crippen LogP contribution in [0.2, 0.25) is 0 Å². The summed E-state index contributed by atoms with van der Waals surface area (Å²) in [7, 11) is 0. The SMILES string of the molecule is CCOC(=O)CN(c1ncccc1C)C(C)C. The Morgan fingerprint density at radius 3 is 2.76 bits per heavy atom. The Bertz CT molecular complexity index is 377. The molecule has 4 heteroatoms. The van der Waals surface area contributed by atoms with Gasteiger partial charge in [-0.15, -0.1) is 0 Å². The molecule has 0 aromatic carbocycles. The molecule has 1 aromatic heterocycles. The highest BCUT2D eigenvalue weighted by molar-refractivity contribution is 5.75. The van der Waals surface area contributed by atoms with Gasteiger partial charge in [-0.1, -0.05) is 6.07 Å². The van der Waals surface area contributed by atoms with E-state index in [-0.39, 0.29) is 18.6 Å². The van der Waals surface area contributed by atoms with Crippen molar-refractivity contribution in [3.8, 4) is 0 Å². The fourth-order valence-electron chi connectivity index (χ4n) is 1.63. The smallest absolute Gasteiger partial charge is 0.325 e. The number of carbonyl (C=O) groups is 1. The van der Waals surface area contributed by atoms with E-state index in [1.165, 1.54) is 0 Å². The van der Waals surface area contributed by atoms with Crippen LogP contribution in [0.1, 0.15) is 26.3 Å². The number of nitrogens with zero attached hydrogens (tertiary/aromatic N) is 2. The predicted octanol–water partition coefficient (Wildman–Crippen LogP) is 2.17. The summed E-state index contributed by atoms with van der Waals surface area (Å²) in [6.07, 6.45) is 1.74. The lowest BCUT2D eigenvalue weighted by Gasteiger charge is -2.27. The molecule has 0 atom stereocenters. The lowest BCUT2D eigenvalue weighted by molar-refractivity contribution is -0.141. The van der Waals surface area contributed by atoms with Gasteiger partial charge in [-0.3, -0.25) is 4.79 Å². The van der Waals surface area contributed by atoms with Gasteiger partial charge in [0.2, 0.25) is 0 Å². The van der Waals surface area contributed by atoms with Crippen LogP contribution in [0, 0.1) is 6.92 Å². The minimum absolute atomic E-state index is 0.202. The van der Waals surface area contributed by atoms with Crippen LogP contribution >= 0.6 is 0 Å². The van der Waals surface area contributed by atoms with Gasteiger partial charge in [-0.2, -0.15) is 0 Å². The average molecular weight is 236 g/mol. The largest absolute Gasteiger partial charge is 0.465 e. The van der Waals surface area contributed by atoms with Crippen LogP contribution in [0.25, 0.3) is 0 Å². The van der Waals surface area contributed by atoms with Crippen molar-refractivity contribution in [3.05, 3.63) is 23.9 Å². The average Bonchev–Trinajstić information content (AvgIpc) is 2.27. The van der Waals surface area contributed by atoms with Crippen LogP contribution < -0.4 is 4.90 Å². The van der Waals surface area contributed by atoms with Gasteiger partial charge in [0, 0.05) is 12.2 Å². The van der Waals surface area contributed by atoms with Crippen LogP contribution in [0.15, 0.2) is 18.3 Å². The summed E-state index contributed by atoms with van der Waals surface area (Å²) >= 11 is 0. The van der Waals surface area contributed by atoms with Crippen LogP contribution in [-0.4, -0.2) is 30.1 Å². The normalized spacial score (nSPS) is 10.4. The second-order valence-electron chi connectivity index (χ2n) is 4.17. The Balaban J connectivity index is 2.87. The van der Waals surface area contributed by atoms with E-state index < -0.39 is 0 Å². The van der Waals surface area contributed by atoms with Crippen LogP contribution in [0.3, 0.4) is 0 Å². The Hall–Kier alpha value is -1.58. The molecule has 0 saturated heterocycles. The molecule has 0 aliphatic carbocycles. The van der Waals surface area contributed by atoms with E-state index >= 15 is 0 Å². The number of aryl methyl sites for hydroxylation is 1. The number of hydrogen-bond donors (Lipinski definition) is 0. The Kier molecular flexibility index (Phi) is 4.94. The van der Waals surface area contributed by atoms with Gasteiger partial charge in [0.1, 0.15) is 12.4 Å². The first-order valence-electron chi connectivity index (χ1n) is 5.90. The topological polar surface area (TPSA) is 42.4 Å². The zero-order valence-corrected chi connectivity index (χ0v) is 10.9. The van der Waals surface area contributed by atoms with Gasteiger partial charge < -0.3 is 9.64 Å². The molecule has 0 saturated carbocycles. The van der Waals surface area contributed by atoms with Crippen LogP contribution in [0.4, 0.5) is 5.82 Å². The molecule has 94 valence electrons. The summed E-state index contributed by atoms with van der Waals surface area (Å²) in [4.78, 5) is 17.8. The van der Waals surface area contributed by atoms with E-state index in [0.29, 0.717) is 6.61 Å². The molecule has 0 radical (unpaired) electrons. The van der Waals surface area contributed by atoms with E-state index in [0.717, 1.165) is 11.4 Å². The predicted molar refractivity (Wildman–Crippen MR) is 68.1 cm³/mol. The van der Waals surface area contributed by atoms with Gasteiger partial charge in [0.25, 0.3) is 0 Å². The first-order chi connectivity index (χ1) is 8.06. The van der Waals surface area contributed by atoms with Crippen molar-refractivity contribution in [1.29, 1.82) is 0 Å². The molecule has 0 bridgehead atoms. The highest BCUT2D eigenvalue weighted by atomic mass is 16.5. The van der Waals surface area contributed by atoms with Crippen molar-refractivity contribution < 1.29 is 9.53 Å². The Morgan fingerprint density at radius 1 is 1.53 bits per heavy atom. The molecule has 1 rings (SSSR count). The standard InChI is InChI=1S/C13H20N2O2/c1-5-17-12(16)9-15(10(2)3)13-11(4)7-6-8-14-13/h6-8,10H,5,9H2,1-4H3. The maximum absolute atomic E-state index is 11.6. The molecule has 0 aliphatic rings. The number of ether oxygens (including phenoxy) is 1. The van der Waals surface area contributed by atoms with Crippen molar-refractivity contribution in [1.82, 2.24) is 4.98 Å². The molecule has 0 N–H and O–H groups in total. The molecule has 0 unspecified atom stereocenters. The van der Waals surface area contributed by atoms with Crippen molar-refractivity contribution in [2.75, 3.05) is 18.1 Å². The van der Waals surface area contributed by atoms with Gasteiger partial charge in [0.15, 0.2) is 0 Å². The van der Waals surface area contributed by atoms with E-state index in [1.807, 2.05) is 44.7 Å². The monoisotopic (exact) mass is 236 g/mol. The number of hydrogen-bond acceptors (Lipinski definition) is 4. The maximum Gasteiger partial charge on any atom is 0.325 e. The summed E-state index contributed by atoms with van der Waals surface area (Å²) in [5.41, 5.74) is 1.06. The number of carbonyl (C=O) groups excluding carboxylic acids is 1. The number of anilines is 1. The van der Waals surface area contributed by atoms with Crippen molar-refractivity contribution >= 4 is 11.8 Å². The molecular formula is C13H20N2O2. The summed E-state index contributed by atoms with van der Waals surface area (Å²) in [6.45, 7) is 8.52. The van der Waals surface area contributed by atoms with Gasteiger partial charge in [-0.25, -0.2) is 4.98 Å². The third kappa shape index (κ3) is 3.73. The fourth-order valence-corrected chi connectivity index (χ4v) is 1.63. The van der Waals surface area contributed by atoms with Gasteiger partial charge in [0.05, 0.1) is 6.61 Å². The van der Waals surface area contributed by atoms with Gasteiger partial charge in [-0.05, 0) is 39.3 Å². The first-order valence-corrected chi connectivity index (χ1v) is 5.90. The van der Waals surface area contributed by atoms with E-state index in [4.69, 9.17) is 4.74 Å². The Morgan fingerprint density at radius 2 is 2.24 bits per heavy atom. The van der Waals surface area contributed by atoms with Crippen LogP contribution in [-0.2, 0) is 9.53 Å². The van der Waals surface area contributed by atoms with Crippen molar-refractivity contribution in [2.24, 2.45) is 0 Å². The molecule has 0 amide bonds. The van der Waals surface area contributed by atoms with E-state index in [1.54, 1.807) is 6.20 Å². The molecule has 4 nitrogen and oxygen atoms in total. The highest BCUT2D eigenvalue weighted by Crippen LogP contribution is 2.18. The van der Waals surface area contributed by atoms with E-state index in [2.05, 4.69) is 4.98 Å². The second kappa shape index (κ2) is 6.23. The summed E-state index contributed by atoms with van der Waals surface area (Å²) in [5, 5.41) is 0. The fraction of sp³-hybridized carbons (Fsp3) is 0.538. The second-order valence-corrected chi connectivity index (χ2v) is 4.17. The zero-order valence-electron chi connectivity index (χ0n) is 10.9. The molecule has 1 heterocycles. The molecule has 0 aliphatic heterocycles. The summed E-state index contributed by atoms with van der Waals surface area (Å²) < 4.78 is 4.98. The number of pyridine rings is 1. The molecule has 17 heavy (non-hydrogen) atoms. The van der Waals surface area contributed by atoms with E-state index in [9.17, 15) is 4.79 Å². The third-order valence-electron chi connectivity index (χ3n) is 2.48. The zero-order chi connectivity index (χ0) is 12.8. The number of esters is 1. The lowest BCUT2D eigenvalue weighted by Crippen LogP contribution is -2.37. The Labute approximate surface area is 103 Å². The number of aromatic nitrogens is 1. The molecule has 1 aromatic rings. The van der Waals surface area contributed by atoms with Crippen molar-refractivity contribution in [3.63, 3.8) is 0 Å².